The van der Waals surface area contributed by atoms with E-state index in [9.17, 15) is 9.59 Å². The van der Waals surface area contributed by atoms with Gasteiger partial charge in [0.05, 0.1) is 11.2 Å². The van der Waals surface area contributed by atoms with Crippen molar-refractivity contribution in [2.75, 3.05) is 19.7 Å². The van der Waals surface area contributed by atoms with E-state index < -0.39 is 5.97 Å². The van der Waals surface area contributed by atoms with Crippen LogP contribution in [-0.4, -0.2) is 47.3 Å². The fourth-order valence-corrected chi connectivity index (χ4v) is 2.73. The number of carboxylic acid groups (broad SMARTS) is 1. The highest BCUT2D eigenvalue weighted by molar-refractivity contribution is 5.87. The Morgan fingerprint density at radius 3 is 2.39 bits per heavy atom. The molecule has 0 atom stereocenters. The van der Waals surface area contributed by atoms with Gasteiger partial charge in [-0.2, -0.15) is 0 Å². The van der Waals surface area contributed by atoms with Crippen LogP contribution >= 0.6 is 0 Å². The number of hydrogen-bond acceptors (Lipinski definition) is 3. The van der Waals surface area contributed by atoms with Gasteiger partial charge in [0.1, 0.15) is 0 Å². The molecule has 1 aliphatic heterocycles. The number of carbonyl (C=O) groups excluding carboxylic acids is 1. The summed E-state index contributed by atoms with van der Waals surface area (Å²) < 4.78 is 5.75. The van der Waals surface area contributed by atoms with Crippen LogP contribution in [0.25, 0.3) is 0 Å². The van der Waals surface area contributed by atoms with E-state index >= 15 is 0 Å². The second kappa shape index (κ2) is 7.46. The lowest BCUT2D eigenvalue weighted by molar-refractivity contribution is -0.0595. The zero-order valence-electron chi connectivity index (χ0n) is 13.7. The molecule has 2 N–H and O–H groups in total. The molecule has 0 spiro atoms. The maximum absolute atomic E-state index is 12.2. The minimum atomic E-state index is -0.953. The van der Waals surface area contributed by atoms with Gasteiger partial charge in [0.25, 0.3) is 0 Å². The van der Waals surface area contributed by atoms with Crippen molar-refractivity contribution in [3.63, 3.8) is 0 Å². The third-order valence-electron chi connectivity index (χ3n) is 4.25. The number of amides is 2. The van der Waals surface area contributed by atoms with Crippen LogP contribution in [0.1, 0.15) is 42.6 Å². The van der Waals surface area contributed by atoms with E-state index in [-0.39, 0.29) is 17.2 Å². The molecule has 0 aromatic heterocycles. The first-order chi connectivity index (χ1) is 10.9. The van der Waals surface area contributed by atoms with Gasteiger partial charge in [0.15, 0.2) is 0 Å². The van der Waals surface area contributed by atoms with Crippen LogP contribution in [0.3, 0.4) is 0 Å². The Morgan fingerprint density at radius 1 is 1.26 bits per heavy atom. The molecule has 1 fully saturated rings. The Bertz CT molecular complexity index is 548. The lowest BCUT2D eigenvalue weighted by atomic mass is 9.93. The standard InChI is InChI=1S/C17H24N2O4/c1-3-23-17(2)8-10-19(11-9-17)16(22)18-12-13-4-6-14(7-5-13)15(20)21/h4-7H,3,8-12H2,1-2H3,(H,18,22)(H,20,21). The fraction of sp³-hybridized carbons (Fsp3) is 0.529. The highest BCUT2D eigenvalue weighted by Crippen LogP contribution is 2.25. The average molecular weight is 320 g/mol. The molecule has 1 aliphatic rings. The average Bonchev–Trinajstić information content (AvgIpc) is 2.53. The van der Waals surface area contributed by atoms with E-state index in [1.54, 1.807) is 17.0 Å². The number of carbonyl (C=O) groups is 2. The number of carboxylic acids is 1. The lowest BCUT2D eigenvalue weighted by Crippen LogP contribution is -2.49. The first-order valence-corrected chi connectivity index (χ1v) is 7.92. The number of nitrogens with zero attached hydrogens (tertiary/aromatic N) is 1. The summed E-state index contributed by atoms with van der Waals surface area (Å²) in [6.45, 7) is 6.52. The van der Waals surface area contributed by atoms with E-state index in [2.05, 4.69) is 12.2 Å². The summed E-state index contributed by atoms with van der Waals surface area (Å²) in [5.74, 6) is -0.953. The summed E-state index contributed by atoms with van der Waals surface area (Å²) >= 11 is 0. The molecular formula is C17H24N2O4. The first kappa shape index (κ1) is 17.3. The van der Waals surface area contributed by atoms with Gasteiger partial charge in [-0.3, -0.25) is 0 Å². The molecule has 0 saturated carbocycles. The molecule has 1 heterocycles. The zero-order chi connectivity index (χ0) is 16.9. The lowest BCUT2D eigenvalue weighted by Gasteiger charge is -2.39. The second-order valence-electron chi connectivity index (χ2n) is 6.03. The summed E-state index contributed by atoms with van der Waals surface area (Å²) in [4.78, 5) is 24.8. The van der Waals surface area contributed by atoms with Crippen molar-refractivity contribution in [1.82, 2.24) is 10.2 Å². The molecule has 23 heavy (non-hydrogen) atoms. The third kappa shape index (κ3) is 4.69. The molecule has 2 amide bonds. The van der Waals surface area contributed by atoms with Crippen LogP contribution in [0.5, 0.6) is 0 Å². The molecule has 1 saturated heterocycles. The van der Waals surface area contributed by atoms with Crippen LogP contribution in [0, 0.1) is 0 Å². The van der Waals surface area contributed by atoms with Crippen molar-refractivity contribution >= 4 is 12.0 Å². The van der Waals surface area contributed by atoms with Crippen molar-refractivity contribution in [3.05, 3.63) is 35.4 Å². The number of urea groups is 1. The monoisotopic (exact) mass is 320 g/mol. The molecule has 0 bridgehead atoms. The molecule has 6 heteroatoms. The van der Waals surface area contributed by atoms with E-state index in [1.165, 1.54) is 12.1 Å². The number of aromatic carboxylic acids is 1. The van der Waals surface area contributed by atoms with Crippen LogP contribution in [0.2, 0.25) is 0 Å². The van der Waals surface area contributed by atoms with Crippen LogP contribution in [0.4, 0.5) is 4.79 Å². The third-order valence-corrected chi connectivity index (χ3v) is 4.25. The SMILES string of the molecule is CCOC1(C)CCN(C(=O)NCc2ccc(C(=O)O)cc2)CC1. The fourth-order valence-electron chi connectivity index (χ4n) is 2.73. The number of likely N-dealkylation sites (tertiary alicyclic amines) is 1. The smallest absolute Gasteiger partial charge is 0.335 e. The van der Waals surface area contributed by atoms with Crippen LogP contribution < -0.4 is 5.32 Å². The first-order valence-electron chi connectivity index (χ1n) is 7.92. The molecule has 6 nitrogen and oxygen atoms in total. The normalized spacial score (nSPS) is 16.9. The molecule has 0 radical (unpaired) electrons. The van der Waals surface area contributed by atoms with Gasteiger partial charge in [-0.1, -0.05) is 12.1 Å². The van der Waals surface area contributed by atoms with Gasteiger partial charge >= 0.3 is 12.0 Å². The van der Waals surface area contributed by atoms with E-state index in [0.29, 0.717) is 26.2 Å². The van der Waals surface area contributed by atoms with Gasteiger partial charge < -0.3 is 20.1 Å². The predicted octanol–water partition coefficient (Wildman–Crippen LogP) is 2.49. The number of piperidine rings is 1. The van der Waals surface area contributed by atoms with Gasteiger partial charge in [0.2, 0.25) is 0 Å². The quantitative estimate of drug-likeness (QED) is 0.873. The summed E-state index contributed by atoms with van der Waals surface area (Å²) in [5.41, 5.74) is 0.990. The highest BCUT2D eigenvalue weighted by atomic mass is 16.5. The maximum Gasteiger partial charge on any atom is 0.335 e. The Kier molecular flexibility index (Phi) is 5.60. The maximum atomic E-state index is 12.2. The summed E-state index contributed by atoms with van der Waals surface area (Å²) in [5, 5.41) is 11.7. The van der Waals surface area contributed by atoms with Crippen molar-refractivity contribution in [2.24, 2.45) is 0 Å². The Morgan fingerprint density at radius 2 is 1.87 bits per heavy atom. The minimum Gasteiger partial charge on any atom is -0.478 e. The van der Waals surface area contributed by atoms with Crippen LogP contribution in [0.15, 0.2) is 24.3 Å². The molecule has 2 rings (SSSR count). The predicted molar refractivity (Wildman–Crippen MR) is 86.5 cm³/mol. The van der Waals surface area contributed by atoms with Crippen LogP contribution in [-0.2, 0) is 11.3 Å². The number of benzene rings is 1. The van der Waals surface area contributed by atoms with Crippen molar-refractivity contribution < 1.29 is 19.4 Å². The summed E-state index contributed by atoms with van der Waals surface area (Å²) in [6.07, 6.45) is 1.67. The van der Waals surface area contributed by atoms with Gasteiger partial charge in [-0.25, -0.2) is 9.59 Å². The summed E-state index contributed by atoms with van der Waals surface area (Å²) in [7, 11) is 0. The summed E-state index contributed by atoms with van der Waals surface area (Å²) in [6, 6.07) is 6.42. The van der Waals surface area contributed by atoms with E-state index in [0.717, 1.165) is 18.4 Å². The Labute approximate surface area is 136 Å². The largest absolute Gasteiger partial charge is 0.478 e. The molecule has 1 aromatic rings. The number of ether oxygens (including phenoxy) is 1. The highest BCUT2D eigenvalue weighted by Gasteiger charge is 2.32. The number of rotatable bonds is 5. The molecular weight excluding hydrogens is 296 g/mol. The Balaban J connectivity index is 1.80. The van der Waals surface area contributed by atoms with Crippen molar-refractivity contribution in [2.45, 2.75) is 38.8 Å². The number of nitrogens with one attached hydrogen (secondary N) is 1. The van der Waals surface area contributed by atoms with Gasteiger partial charge in [0, 0.05) is 26.2 Å². The molecule has 0 unspecified atom stereocenters. The van der Waals surface area contributed by atoms with Crippen molar-refractivity contribution in [1.29, 1.82) is 0 Å². The minimum absolute atomic E-state index is 0.0918. The van der Waals surface area contributed by atoms with Gasteiger partial charge in [-0.15, -0.1) is 0 Å². The van der Waals surface area contributed by atoms with Crippen molar-refractivity contribution in [3.8, 4) is 0 Å². The topological polar surface area (TPSA) is 78.9 Å². The Hall–Kier alpha value is -2.08. The van der Waals surface area contributed by atoms with E-state index in [4.69, 9.17) is 9.84 Å². The molecule has 0 aliphatic carbocycles. The second-order valence-corrected chi connectivity index (χ2v) is 6.03. The zero-order valence-corrected chi connectivity index (χ0v) is 13.7. The molecule has 126 valence electrons. The van der Waals surface area contributed by atoms with Gasteiger partial charge in [-0.05, 0) is 44.4 Å². The molecule has 1 aromatic carbocycles. The number of hydrogen-bond donors (Lipinski definition) is 2. The van der Waals surface area contributed by atoms with E-state index in [1.807, 2.05) is 6.92 Å².